The van der Waals surface area contributed by atoms with Crippen molar-refractivity contribution in [2.45, 2.75) is 57.3 Å². The van der Waals surface area contributed by atoms with Crippen LogP contribution in [0, 0.1) is 6.92 Å². The number of rotatable bonds is 7. The predicted molar refractivity (Wildman–Crippen MR) is 144 cm³/mol. The highest BCUT2D eigenvalue weighted by molar-refractivity contribution is 6.31. The number of amides is 2. The number of methoxy groups -OCH3 is 1. The molecule has 3 atom stereocenters. The monoisotopic (exact) mass is 518 g/mol. The number of anilines is 1. The molecule has 0 saturated carbocycles. The van der Waals surface area contributed by atoms with Gasteiger partial charge in [-0.2, -0.15) is 0 Å². The Balaban J connectivity index is 1.20. The molecule has 2 fully saturated rings. The first-order valence-electron chi connectivity index (χ1n) is 12.6. The molecule has 192 valence electrons. The molecular weight excluding hydrogens is 488 g/mol. The van der Waals surface area contributed by atoms with Crippen molar-refractivity contribution >= 4 is 29.2 Å². The highest BCUT2D eigenvalue weighted by atomic mass is 35.5. The summed E-state index contributed by atoms with van der Waals surface area (Å²) < 4.78 is 5.37. The predicted octanol–water partition coefficient (Wildman–Crippen LogP) is 4.91. The molecule has 8 heteroatoms. The van der Waals surface area contributed by atoms with Gasteiger partial charge < -0.3 is 20.3 Å². The van der Waals surface area contributed by atoms with Gasteiger partial charge >= 0.3 is 0 Å². The molecule has 2 bridgehead atoms. The second-order valence-corrected chi connectivity index (χ2v) is 10.2. The Morgan fingerprint density at radius 1 is 1.03 bits per heavy atom. The van der Waals surface area contributed by atoms with Gasteiger partial charge in [0.15, 0.2) is 0 Å². The summed E-state index contributed by atoms with van der Waals surface area (Å²) in [5.41, 5.74) is 2.89. The number of ether oxygens (including phenoxy) is 1. The van der Waals surface area contributed by atoms with Gasteiger partial charge in [-0.15, -0.1) is 0 Å². The molecule has 3 aromatic rings. The van der Waals surface area contributed by atoms with Crippen molar-refractivity contribution in [2.75, 3.05) is 12.0 Å². The van der Waals surface area contributed by atoms with Crippen LogP contribution in [-0.4, -0.2) is 42.0 Å². The standard InChI is InChI=1S/C29H31ClN4O3/c1-18-24(7-5-9-26(18)37-2)29(36)33-21-14-22-11-12-23(15-21)34(22)27-13-10-20(17-31-27)28(35)32-16-19-6-3-4-8-25(19)30/h3-10,13,17,21-23H,11-12,14-16H2,1-2H3,(H,32,35)(H,33,36)/t21?,22-,23+. The Labute approximate surface area is 222 Å². The van der Waals surface area contributed by atoms with Crippen LogP contribution in [0.5, 0.6) is 5.75 Å². The van der Waals surface area contributed by atoms with Crippen LogP contribution in [0.25, 0.3) is 0 Å². The van der Waals surface area contributed by atoms with Gasteiger partial charge in [-0.05, 0) is 68.5 Å². The first kappa shape index (κ1) is 25.1. The zero-order valence-corrected chi connectivity index (χ0v) is 21.8. The van der Waals surface area contributed by atoms with Gasteiger partial charge in [-0.25, -0.2) is 4.98 Å². The second-order valence-electron chi connectivity index (χ2n) is 9.75. The summed E-state index contributed by atoms with van der Waals surface area (Å²) in [6, 6.07) is 17.5. The van der Waals surface area contributed by atoms with Crippen LogP contribution in [0.4, 0.5) is 5.82 Å². The smallest absolute Gasteiger partial charge is 0.253 e. The van der Waals surface area contributed by atoms with Crippen molar-refractivity contribution in [1.29, 1.82) is 0 Å². The van der Waals surface area contributed by atoms with E-state index in [2.05, 4.69) is 20.5 Å². The molecule has 7 nitrogen and oxygen atoms in total. The summed E-state index contributed by atoms with van der Waals surface area (Å²) in [6.07, 6.45) is 5.50. The van der Waals surface area contributed by atoms with Gasteiger partial charge in [-0.3, -0.25) is 9.59 Å². The molecule has 2 aromatic carbocycles. The van der Waals surface area contributed by atoms with E-state index in [0.717, 1.165) is 48.4 Å². The number of nitrogens with zero attached hydrogens (tertiary/aromatic N) is 2. The van der Waals surface area contributed by atoms with Crippen LogP contribution in [-0.2, 0) is 6.54 Å². The number of hydrogen-bond acceptors (Lipinski definition) is 5. The molecule has 0 aliphatic carbocycles. The summed E-state index contributed by atoms with van der Waals surface area (Å²) in [7, 11) is 1.62. The van der Waals surface area contributed by atoms with E-state index >= 15 is 0 Å². The Morgan fingerprint density at radius 3 is 2.46 bits per heavy atom. The third-order valence-electron chi connectivity index (χ3n) is 7.49. The number of piperidine rings is 1. The number of nitrogens with one attached hydrogen (secondary N) is 2. The quantitative estimate of drug-likeness (QED) is 0.464. The topological polar surface area (TPSA) is 83.6 Å². The van der Waals surface area contributed by atoms with E-state index in [-0.39, 0.29) is 17.9 Å². The Kier molecular flexibility index (Phi) is 7.33. The number of carbonyl (C=O) groups excluding carboxylic acids is 2. The maximum absolute atomic E-state index is 13.0. The fourth-order valence-electron chi connectivity index (χ4n) is 5.61. The molecule has 2 aliphatic heterocycles. The lowest BCUT2D eigenvalue weighted by Gasteiger charge is -2.40. The molecule has 1 aromatic heterocycles. The van der Waals surface area contributed by atoms with Gasteiger partial charge in [-0.1, -0.05) is 35.9 Å². The maximum Gasteiger partial charge on any atom is 0.253 e. The highest BCUT2D eigenvalue weighted by Crippen LogP contribution is 2.38. The van der Waals surface area contributed by atoms with Crippen molar-refractivity contribution < 1.29 is 14.3 Å². The summed E-state index contributed by atoms with van der Waals surface area (Å²) in [4.78, 5) is 32.6. The van der Waals surface area contributed by atoms with Gasteiger partial charge in [0.25, 0.3) is 11.8 Å². The van der Waals surface area contributed by atoms with E-state index in [4.69, 9.17) is 16.3 Å². The molecule has 2 aliphatic rings. The van der Waals surface area contributed by atoms with Crippen LogP contribution in [0.2, 0.25) is 5.02 Å². The van der Waals surface area contributed by atoms with Gasteiger partial charge in [0.2, 0.25) is 0 Å². The number of halogens is 1. The largest absolute Gasteiger partial charge is 0.496 e. The Hall–Kier alpha value is -3.58. The lowest BCUT2D eigenvalue weighted by molar-refractivity contribution is 0.0923. The molecule has 0 spiro atoms. The van der Waals surface area contributed by atoms with Crippen molar-refractivity contribution in [3.05, 3.63) is 88.1 Å². The fraction of sp³-hybridized carbons (Fsp3) is 0.345. The average molecular weight is 519 g/mol. The first-order valence-corrected chi connectivity index (χ1v) is 13.0. The molecule has 0 radical (unpaired) electrons. The number of aromatic nitrogens is 1. The minimum Gasteiger partial charge on any atom is -0.496 e. The van der Waals surface area contributed by atoms with Gasteiger partial charge in [0.1, 0.15) is 11.6 Å². The average Bonchev–Trinajstić information content (AvgIpc) is 3.18. The number of carbonyl (C=O) groups is 2. The van der Waals surface area contributed by atoms with Crippen molar-refractivity contribution in [1.82, 2.24) is 15.6 Å². The highest BCUT2D eigenvalue weighted by Gasteiger charge is 2.42. The van der Waals surface area contributed by atoms with Crippen LogP contribution in [0.1, 0.15) is 57.5 Å². The van der Waals surface area contributed by atoms with Crippen LogP contribution in [0.15, 0.2) is 60.8 Å². The fourth-order valence-corrected chi connectivity index (χ4v) is 5.81. The van der Waals surface area contributed by atoms with E-state index in [1.165, 1.54) is 0 Å². The Bertz CT molecular complexity index is 1280. The summed E-state index contributed by atoms with van der Waals surface area (Å²) in [5, 5.41) is 6.79. The number of hydrogen-bond donors (Lipinski definition) is 2. The summed E-state index contributed by atoms with van der Waals surface area (Å²) in [5.74, 6) is 1.36. The molecule has 2 saturated heterocycles. The third kappa shape index (κ3) is 5.27. The van der Waals surface area contributed by atoms with Crippen LogP contribution < -0.4 is 20.3 Å². The first-order chi connectivity index (χ1) is 17.9. The number of pyridine rings is 1. The van der Waals surface area contributed by atoms with Crippen LogP contribution in [0.3, 0.4) is 0 Å². The van der Waals surface area contributed by atoms with Crippen LogP contribution >= 0.6 is 11.6 Å². The number of fused-ring (bicyclic) bond motifs is 2. The molecular formula is C29H31ClN4O3. The zero-order valence-electron chi connectivity index (χ0n) is 21.0. The van der Waals surface area contributed by atoms with E-state index in [9.17, 15) is 9.59 Å². The molecule has 2 amide bonds. The lowest BCUT2D eigenvalue weighted by Crippen LogP contribution is -2.50. The summed E-state index contributed by atoms with van der Waals surface area (Å²) >= 11 is 6.18. The molecule has 1 unspecified atom stereocenters. The summed E-state index contributed by atoms with van der Waals surface area (Å²) in [6.45, 7) is 2.27. The van der Waals surface area contributed by atoms with Crippen molar-refractivity contribution in [2.24, 2.45) is 0 Å². The number of benzene rings is 2. The zero-order chi connectivity index (χ0) is 25.9. The molecule has 5 rings (SSSR count). The van der Waals surface area contributed by atoms with E-state index in [1.807, 2.05) is 61.5 Å². The maximum atomic E-state index is 13.0. The van der Waals surface area contributed by atoms with Crippen molar-refractivity contribution in [3.63, 3.8) is 0 Å². The molecule has 3 heterocycles. The van der Waals surface area contributed by atoms with Crippen molar-refractivity contribution in [3.8, 4) is 5.75 Å². The normalized spacial score (nSPS) is 20.4. The second kappa shape index (κ2) is 10.8. The SMILES string of the molecule is COc1cccc(C(=O)NC2C[C@H]3CC[C@@H](C2)N3c2ccc(C(=O)NCc3ccccc3Cl)cn2)c1C. The van der Waals surface area contributed by atoms with Gasteiger partial charge in [0.05, 0.1) is 12.7 Å². The van der Waals surface area contributed by atoms with E-state index in [0.29, 0.717) is 34.8 Å². The van der Waals surface area contributed by atoms with E-state index in [1.54, 1.807) is 13.3 Å². The Morgan fingerprint density at radius 2 is 1.78 bits per heavy atom. The third-order valence-corrected chi connectivity index (χ3v) is 7.86. The minimum atomic E-state index is -0.184. The molecule has 2 N–H and O–H groups in total. The lowest BCUT2D eigenvalue weighted by atomic mass is 9.96. The molecule has 37 heavy (non-hydrogen) atoms. The van der Waals surface area contributed by atoms with Gasteiger partial charge in [0, 0.05) is 47.0 Å². The minimum absolute atomic E-state index is 0.0560. The van der Waals surface area contributed by atoms with E-state index < -0.39 is 0 Å².